The summed E-state index contributed by atoms with van der Waals surface area (Å²) < 4.78 is 1.14. The quantitative estimate of drug-likeness (QED) is 0.899. The molecule has 0 aromatic carbocycles. The number of nitrogens with one attached hydrogen (secondary N) is 1. The zero-order chi connectivity index (χ0) is 12.4. The third-order valence-electron chi connectivity index (χ3n) is 2.44. The Bertz CT molecular complexity index is 497. The molecule has 1 aromatic rings. The summed E-state index contributed by atoms with van der Waals surface area (Å²) in [5.41, 5.74) is -0.474. The molecule has 0 unspecified atom stereocenters. The summed E-state index contributed by atoms with van der Waals surface area (Å²) in [5, 5.41) is 6.70. The van der Waals surface area contributed by atoms with Gasteiger partial charge in [0.2, 0.25) is 5.91 Å². The minimum absolute atomic E-state index is 0.0655. The van der Waals surface area contributed by atoms with Gasteiger partial charge in [0.1, 0.15) is 5.02 Å². The Balaban J connectivity index is 1.96. The van der Waals surface area contributed by atoms with Crippen molar-refractivity contribution >= 4 is 29.1 Å². The lowest BCUT2D eigenvalue weighted by Crippen LogP contribution is -2.29. The molecule has 17 heavy (non-hydrogen) atoms. The first-order valence-corrected chi connectivity index (χ1v) is 6.04. The lowest BCUT2D eigenvalue weighted by atomic mass is 10.4. The van der Waals surface area contributed by atoms with Crippen molar-refractivity contribution in [2.24, 2.45) is 0 Å². The van der Waals surface area contributed by atoms with E-state index in [4.69, 9.17) is 23.2 Å². The van der Waals surface area contributed by atoms with Gasteiger partial charge in [0, 0.05) is 12.5 Å². The highest BCUT2D eigenvalue weighted by atomic mass is 35.5. The molecule has 2 rings (SSSR count). The second-order valence-electron chi connectivity index (χ2n) is 3.93. The normalized spacial score (nSPS) is 14.7. The molecule has 1 saturated carbocycles. The molecule has 1 heterocycles. The molecule has 1 N–H and O–H groups in total. The van der Waals surface area contributed by atoms with Crippen molar-refractivity contribution in [2.75, 3.05) is 0 Å². The Morgan fingerprint density at radius 3 is 2.88 bits per heavy atom. The fraction of sp³-hybridized carbons (Fsp3) is 0.500. The number of hydrogen-bond donors (Lipinski definition) is 1. The van der Waals surface area contributed by atoms with Crippen LogP contribution in [0.4, 0.5) is 0 Å². The van der Waals surface area contributed by atoms with E-state index in [9.17, 15) is 9.59 Å². The maximum Gasteiger partial charge on any atom is 0.287 e. The lowest BCUT2D eigenvalue weighted by molar-refractivity contribution is -0.121. The van der Waals surface area contributed by atoms with Gasteiger partial charge in [0.05, 0.1) is 17.8 Å². The van der Waals surface area contributed by atoms with E-state index in [1.807, 2.05) is 0 Å². The minimum atomic E-state index is -0.474. The van der Waals surface area contributed by atoms with Crippen molar-refractivity contribution < 1.29 is 4.79 Å². The van der Waals surface area contributed by atoms with Gasteiger partial charge in [-0.25, -0.2) is 4.68 Å². The second-order valence-corrected chi connectivity index (χ2v) is 4.71. The molecular weight excluding hydrogens is 265 g/mol. The molecule has 0 aliphatic heterocycles. The van der Waals surface area contributed by atoms with E-state index in [0.29, 0.717) is 6.04 Å². The summed E-state index contributed by atoms with van der Waals surface area (Å²) >= 11 is 11.3. The number of aromatic nitrogens is 2. The van der Waals surface area contributed by atoms with Crippen molar-refractivity contribution in [1.82, 2.24) is 15.1 Å². The van der Waals surface area contributed by atoms with E-state index in [-0.39, 0.29) is 28.9 Å². The van der Waals surface area contributed by atoms with Gasteiger partial charge in [0.15, 0.2) is 0 Å². The molecule has 92 valence electrons. The fourth-order valence-electron chi connectivity index (χ4n) is 1.34. The summed E-state index contributed by atoms with van der Waals surface area (Å²) in [4.78, 5) is 23.0. The van der Waals surface area contributed by atoms with Crippen LogP contribution in [0.15, 0.2) is 11.0 Å². The summed E-state index contributed by atoms with van der Waals surface area (Å²) in [7, 11) is 0. The molecular formula is C10H11Cl2N3O2. The molecule has 1 aromatic heterocycles. The Morgan fingerprint density at radius 2 is 2.24 bits per heavy atom. The van der Waals surface area contributed by atoms with Gasteiger partial charge in [-0.05, 0) is 12.8 Å². The zero-order valence-corrected chi connectivity index (χ0v) is 10.5. The van der Waals surface area contributed by atoms with Crippen LogP contribution in [-0.2, 0) is 11.3 Å². The molecule has 7 heteroatoms. The average molecular weight is 276 g/mol. The number of hydrogen-bond acceptors (Lipinski definition) is 3. The third kappa shape index (κ3) is 3.20. The minimum Gasteiger partial charge on any atom is -0.353 e. The molecule has 0 radical (unpaired) electrons. The van der Waals surface area contributed by atoms with Crippen LogP contribution in [-0.4, -0.2) is 21.7 Å². The maximum absolute atomic E-state index is 11.6. The Morgan fingerprint density at radius 1 is 1.53 bits per heavy atom. The first kappa shape index (κ1) is 12.4. The molecule has 0 spiro atoms. The summed E-state index contributed by atoms with van der Waals surface area (Å²) in [6, 6.07) is 0.320. The standard InChI is InChI=1S/C10H11Cl2N3O2/c11-7-5-13-15(10(17)9(7)12)4-3-8(16)14-6-1-2-6/h5-6H,1-4H2,(H,14,16). The smallest absolute Gasteiger partial charge is 0.287 e. The number of carbonyl (C=O) groups is 1. The number of amides is 1. The second kappa shape index (κ2) is 5.06. The Labute approximate surface area is 108 Å². The van der Waals surface area contributed by atoms with Gasteiger partial charge >= 0.3 is 0 Å². The van der Waals surface area contributed by atoms with E-state index < -0.39 is 5.56 Å². The van der Waals surface area contributed by atoms with Crippen LogP contribution >= 0.6 is 23.2 Å². The van der Waals surface area contributed by atoms with Crippen LogP contribution in [0.2, 0.25) is 10.0 Å². The van der Waals surface area contributed by atoms with E-state index >= 15 is 0 Å². The van der Waals surface area contributed by atoms with Gasteiger partial charge in [-0.3, -0.25) is 9.59 Å². The van der Waals surface area contributed by atoms with Gasteiger partial charge in [0.25, 0.3) is 5.56 Å². The number of aryl methyl sites for hydroxylation is 1. The van der Waals surface area contributed by atoms with Crippen LogP contribution in [0.25, 0.3) is 0 Å². The van der Waals surface area contributed by atoms with Crippen molar-refractivity contribution in [3.63, 3.8) is 0 Å². The summed E-state index contributed by atoms with van der Waals surface area (Å²) in [5.74, 6) is -0.0766. The van der Waals surface area contributed by atoms with E-state index in [2.05, 4.69) is 10.4 Å². The fourth-order valence-corrected chi connectivity index (χ4v) is 1.61. The van der Waals surface area contributed by atoms with Crippen LogP contribution in [0.5, 0.6) is 0 Å². The molecule has 1 aliphatic rings. The molecule has 1 amide bonds. The van der Waals surface area contributed by atoms with Gasteiger partial charge in [-0.15, -0.1) is 0 Å². The van der Waals surface area contributed by atoms with Crippen molar-refractivity contribution in [2.45, 2.75) is 31.8 Å². The largest absolute Gasteiger partial charge is 0.353 e. The highest BCUT2D eigenvalue weighted by Crippen LogP contribution is 2.18. The molecule has 0 atom stereocenters. The van der Waals surface area contributed by atoms with Crippen LogP contribution < -0.4 is 10.9 Å². The maximum atomic E-state index is 11.6. The highest BCUT2D eigenvalue weighted by molar-refractivity contribution is 6.41. The number of carbonyl (C=O) groups excluding carboxylic acids is 1. The first-order valence-electron chi connectivity index (χ1n) is 5.28. The first-order chi connectivity index (χ1) is 8.08. The SMILES string of the molecule is O=C(CCn1ncc(Cl)c(Cl)c1=O)NC1CC1. The van der Waals surface area contributed by atoms with Crippen molar-refractivity contribution in [1.29, 1.82) is 0 Å². The summed E-state index contributed by atoms with van der Waals surface area (Å²) in [6.45, 7) is 0.203. The monoisotopic (exact) mass is 275 g/mol. The number of nitrogens with zero attached hydrogens (tertiary/aromatic N) is 2. The lowest BCUT2D eigenvalue weighted by Gasteiger charge is -2.05. The van der Waals surface area contributed by atoms with E-state index in [1.54, 1.807) is 0 Å². The van der Waals surface area contributed by atoms with Gasteiger partial charge in [-0.1, -0.05) is 23.2 Å². The van der Waals surface area contributed by atoms with Gasteiger partial charge in [-0.2, -0.15) is 5.10 Å². The Kier molecular flexibility index (Phi) is 3.69. The summed E-state index contributed by atoms with van der Waals surface area (Å²) in [6.07, 6.45) is 3.58. The molecule has 5 nitrogen and oxygen atoms in total. The van der Waals surface area contributed by atoms with Crippen LogP contribution in [0.1, 0.15) is 19.3 Å². The number of rotatable bonds is 4. The topological polar surface area (TPSA) is 64.0 Å². The third-order valence-corrected chi connectivity index (χ3v) is 3.18. The van der Waals surface area contributed by atoms with E-state index in [1.165, 1.54) is 6.20 Å². The predicted molar refractivity (Wildman–Crippen MR) is 64.3 cm³/mol. The molecule has 0 saturated heterocycles. The van der Waals surface area contributed by atoms with Crippen molar-refractivity contribution in [3.05, 3.63) is 26.6 Å². The molecule has 0 bridgehead atoms. The van der Waals surface area contributed by atoms with Gasteiger partial charge < -0.3 is 5.32 Å². The van der Waals surface area contributed by atoms with E-state index in [0.717, 1.165) is 17.5 Å². The van der Waals surface area contributed by atoms with Crippen molar-refractivity contribution in [3.8, 4) is 0 Å². The molecule has 1 aliphatic carbocycles. The zero-order valence-electron chi connectivity index (χ0n) is 8.95. The average Bonchev–Trinajstić information content (AvgIpc) is 3.09. The van der Waals surface area contributed by atoms with Crippen LogP contribution in [0.3, 0.4) is 0 Å². The highest BCUT2D eigenvalue weighted by Gasteiger charge is 2.23. The van der Waals surface area contributed by atoms with Crippen LogP contribution in [0, 0.1) is 0 Å². The Hall–Kier alpha value is -1.07. The predicted octanol–water partition coefficient (Wildman–Crippen LogP) is 1.22. The number of halogens is 2. The molecule has 1 fully saturated rings.